The van der Waals surface area contributed by atoms with Gasteiger partial charge < -0.3 is 14.4 Å². The summed E-state index contributed by atoms with van der Waals surface area (Å²) in [6, 6.07) is 32.9. The average molecular weight is 486 g/mol. The van der Waals surface area contributed by atoms with E-state index in [1.54, 1.807) is 6.07 Å². The van der Waals surface area contributed by atoms with Gasteiger partial charge in [-0.25, -0.2) is 0 Å². The van der Waals surface area contributed by atoms with Crippen LogP contribution in [0, 0.1) is 0 Å². The first-order valence-electron chi connectivity index (χ1n) is 11.6. The molecule has 1 amide bonds. The normalized spacial score (nSPS) is 10.6. The molecule has 4 nitrogen and oxygen atoms in total. The summed E-state index contributed by atoms with van der Waals surface area (Å²) in [6.45, 7) is 3.69. The molecule has 4 rings (SSSR count). The van der Waals surface area contributed by atoms with Gasteiger partial charge in [0.2, 0.25) is 0 Å². The smallest absolute Gasteiger partial charge is 0.254 e. The highest BCUT2D eigenvalue weighted by molar-refractivity contribution is 6.32. The molecule has 0 atom stereocenters. The molecular formula is C30H28ClNO3. The fourth-order valence-electron chi connectivity index (χ4n) is 3.83. The first-order valence-corrected chi connectivity index (χ1v) is 12.0. The van der Waals surface area contributed by atoms with Crippen molar-refractivity contribution < 1.29 is 14.3 Å². The van der Waals surface area contributed by atoms with Crippen LogP contribution in [0.3, 0.4) is 0 Å². The van der Waals surface area contributed by atoms with E-state index in [4.69, 9.17) is 21.1 Å². The molecule has 4 aromatic carbocycles. The van der Waals surface area contributed by atoms with Crippen LogP contribution in [0.5, 0.6) is 11.5 Å². The lowest BCUT2D eigenvalue weighted by molar-refractivity contribution is 0.0729. The third-order valence-electron chi connectivity index (χ3n) is 5.55. The van der Waals surface area contributed by atoms with Gasteiger partial charge in [-0.1, -0.05) is 84.4 Å². The lowest BCUT2D eigenvalue weighted by Crippen LogP contribution is -2.30. The number of nitrogens with zero attached hydrogens (tertiary/aromatic N) is 1. The van der Waals surface area contributed by atoms with E-state index in [0.29, 0.717) is 41.8 Å². The minimum absolute atomic E-state index is 0.0558. The minimum Gasteiger partial charge on any atom is -0.493 e. The van der Waals surface area contributed by atoms with E-state index in [1.807, 2.05) is 109 Å². The number of benzene rings is 4. The largest absolute Gasteiger partial charge is 0.493 e. The first kappa shape index (κ1) is 24.4. The molecule has 0 aliphatic rings. The van der Waals surface area contributed by atoms with Crippen molar-refractivity contribution in [2.45, 2.75) is 26.6 Å². The van der Waals surface area contributed by atoms with Crippen molar-refractivity contribution in [3.63, 3.8) is 0 Å². The summed E-state index contributed by atoms with van der Waals surface area (Å²) in [5, 5.41) is 0.537. The van der Waals surface area contributed by atoms with E-state index < -0.39 is 0 Å². The van der Waals surface area contributed by atoms with Crippen LogP contribution in [0.1, 0.15) is 34.0 Å². The Morgan fingerprint density at radius 3 is 1.94 bits per heavy atom. The zero-order chi connectivity index (χ0) is 24.5. The number of hydrogen-bond donors (Lipinski definition) is 0. The Kier molecular flexibility index (Phi) is 8.42. The van der Waals surface area contributed by atoms with Crippen molar-refractivity contribution in [1.29, 1.82) is 0 Å². The predicted molar refractivity (Wildman–Crippen MR) is 140 cm³/mol. The van der Waals surface area contributed by atoms with Crippen molar-refractivity contribution >= 4 is 17.5 Å². The molecule has 35 heavy (non-hydrogen) atoms. The zero-order valence-electron chi connectivity index (χ0n) is 19.7. The maximum absolute atomic E-state index is 13.7. The number of rotatable bonds is 10. The molecule has 0 aromatic heterocycles. The number of amides is 1. The van der Waals surface area contributed by atoms with Gasteiger partial charge in [-0.3, -0.25) is 4.79 Å². The number of carbonyl (C=O) groups is 1. The highest BCUT2D eigenvalue weighted by Crippen LogP contribution is 2.27. The van der Waals surface area contributed by atoms with Crippen molar-refractivity contribution in [3.8, 4) is 11.5 Å². The fourth-order valence-corrected chi connectivity index (χ4v) is 4.02. The average Bonchev–Trinajstić information content (AvgIpc) is 2.89. The standard InChI is InChI=1S/C30H28ClNO3/c1-2-34-28-18-17-25(19-26(28)22-35-29-16-10-9-15-27(29)31)30(33)32(20-23-11-5-3-6-12-23)21-24-13-7-4-8-14-24/h3-19H,2,20-22H2,1H3. The quantitative estimate of drug-likeness (QED) is 0.239. The zero-order valence-corrected chi connectivity index (χ0v) is 20.4. The van der Waals surface area contributed by atoms with Gasteiger partial charge in [-0.05, 0) is 48.4 Å². The second kappa shape index (κ2) is 12.1. The van der Waals surface area contributed by atoms with Crippen LogP contribution >= 0.6 is 11.6 Å². The molecule has 0 spiro atoms. The molecule has 0 fully saturated rings. The Morgan fingerprint density at radius 1 is 0.743 bits per heavy atom. The lowest BCUT2D eigenvalue weighted by Gasteiger charge is -2.24. The highest BCUT2D eigenvalue weighted by Gasteiger charge is 2.19. The molecule has 0 saturated carbocycles. The van der Waals surface area contributed by atoms with Crippen molar-refractivity contribution in [2.24, 2.45) is 0 Å². The number of ether oxygens (including phenoxy) is 2. The highest BCUT2D eigenvalue weighted by atomic mass is 35.5. The SMILES string of the molecule is CCOc1ccc(C(=O)N(Cc2ccccc2)Cc2ccccc2)cc1COc1ccccc1Cl. The van der Waals surface area contributed by atoms with Gasteiger partial charge in [0.15, 0.2) is 0 Å². The van der Waals surface area contributed by atoms with Crippen LogP contribution in [0.4, 0.5) is 0 Å². The predicted octanol–water partition coefficient (Wildman–Crippen LogP) is 7.16. The molecule has 5 heteroatoms. The van der Waals surface area contributed by atoms with Gasteiger partial charge in [0.25, 0.3) is 5.91 Å². The second-order valence-electron chi connectivity index (χ2n) is 8.11. The van der Waals surface area contributed by atoms with Gasteiger partial charge in [-0.2, -0.15) is 0 Å². The van der Waals surface area contributed by atoms with Crippen molar-refractivity contribution in [1.82, 2.24) is 4.90 Å². The number of para-hydroxylation sites is 1. The first-order chi connectivity index (χ1) is 17.1. The summed E-state index contributed by atoms with van der Waals surface area (Å²) >= 11 is 6.25. The molecule has 0 bridgehead atoms. The van der Waals surface area contributed by atoms with Gasteiger partial charge >= 0.3 is 0 Å². The Balaban J connectivity index is 1.61. The molecule has 0 N–H and O–H groups in total. The van der Waals surface area contributed by atoms with Crippen LogP contribution in [-0.4, -0.2) is 17.4 Å². The topological polar surface area (TPSA) is 38.8 Å². The molecule has 0 unspecified atom stereocenters. The molecule has 0 aliphatic heterocycles. The fraction of sp³-hybridized carbons (Fsp3) is 0.167. The summed E-state index contributed by atoms with van der Waals surface area (Å²) in [5.41, 5.74) is 3.52. The summed E-state index contributed by atoms with van der Waals surface area (Å²) in [4.78, 5) is 15.6. The number of carbonyl (C=O) groups excluding carboxylic acids is 1. The maximum Gasteiger partial charge on any atom is 0.254 e. The van der Waals surface area contributed by atoms with Crippen LogP contribution in [0.25, 0.3) is 0 Å². The van der Waals surface area contributed by atoms with Crippen LogP contribution in [-0.2, 0) is 19.7 Å². The Bertz CT molecular complexity index is 1200. The molecule has 0 aliphatic carbocycles. The summed E-state index contributed by atoms with van der Waals surface area (Å²) in [6.07, 6.45) is 0. The van der Waals surface area contributed by atoms with E-state index in [2.05, 4.69) is 0 Å². The van der Waals surface area contributed by atoms with E-state index in [9.17, 15) is 4.79 Å². The second-order valence-corrected chi connectivity index (χ2v) is 8.51. The van der Waals surface area contributed by atoms with E-state index in [-0.39, 0.29) is 12.5 Å². The van der Waals surface area contributed by atoms with Gasteiger partial charge in [0.1, 0.15) is 18.1 Å². The molecule has 0 saturated heterocycles. The maximum atomic E-state index is 13.7. The van der Waals surface area contributed by atoms with E-state index in [1.165, 1.54) is 0 Å². The van der Waals surface area contributed by atoms with Gasteiger partial charge in [0, 0.05) is 24.2 Å². The minimum atomic E-state index is -0.0558. The lowest BCUT2D eigenvalue weighted by atomic mass is 10.1. The van der Waals surface area contributed by atoms with Crippen LogP contribution < -0.4 is 9.47 Å². The molecule has 0 heterocycles. The Hall–Kier alpha value is -3.76. The van der Waals surface area contributed by atoms with Gasteiger partial charge in [-0.15, -0.1) is 0 Å². The van der Waals surface area contributed by atoms with Crippen molar-refractivity contribution in [3.05, 3.63) is 130 Å². The molecule has 178 valence electrons. The summed E-state index contributed by atoms with van der Waals surface area (Å²) in [7, 11) is 0. The molecule has 4 aromatic rings. The third-order valence-corrected chi connectivity index (χ3v) is 5.86. The summed E-state index contributed by atoms with van der Waals surface area (Å²) in [5.74, 6) is 1.22. The Morgan fingerprint density at radius 2 is 1.34 bits per heavy atom. The van der Waals surface area contributed by atoms with Crippen molar-refractivity contribution in [2.75, 3.05) is 6.61 Å². The monoisotopic (exact) mass is 485 g/mol. The van der Waals surface area contributed by atoms with Crippen LogP contribution in [0.15, 0.2) is 103 Å². The number of halogens is 1. The molecule has 0 radical (unpaired) electrons. The van der Waals surface area contributed by atoms with E-state index in [0.717, 1.165) is 16.7 Å². The number of hydrogen-bond acceptors (Lipinski definition) is 3. The third kappa shape index (κ3) is 6.65. The van der Waals surface area contributed by atoms with Crippen LogP contribution in [0.2, 0.25) is 5.02 Å². The Labute approximate surface area is 211 Å². The van der Waals surface area contributed by atoms with Gasteiger partial charge in [0.05, 0.1) is 11.6 Å². The summed E-state index contributed by atoms with van der Waals surface area (Å²) < 4.78 is 11.8. The van der Waals surface area contributed by atoms with E-state index >= 15 is 0 Å². The molecular weight excluding hydrogens is 458 g/mol.